The Balaban J connectivity index is 1.65. The van der Waals surface area contributed by atoms with Crippen LogP contribution in [0.3, 0.4) is 0 Å². The van der Waals surface area contributed by atoms with Crippen molar-refractivity contribution in [1.29, 1.82) is 0 Å². The van der Waals surface area contributed by atoms with Crippen molar-refractivity contribution in [2.45, 2.75) is 6.23 Å². The Hall–Kier alpha value is -3.99. The Bertz CT molecular complexity index is 1340. The van der Waals surface area contributed by atoms with Crippen LogP contribution < -0.4 is 10.8 Å². The number of fused-ring (bicyclic) bond motifs is 1. The zero-order valence-corrected chi connectivity index (χ0v) is 18.6. The number of amidine groups is 1. The van der Waals surface area contributed by atoms with Crippen LogP contribution in [-0.4, -0.2) is 33.9 Å². The van der Waals surface area contributed by atoms with Crippen molar-refractivity contribution >= 4 is 57.9 Å². The quantitative estimate of drug-likeness (QED) is 0.347. The van der Waals surface area contributed by atoms with Crippen molar-refractivity contribution in [1.82, 2.24) is 5.48 Å². The molecule has 0 radical (unpaired) electrons. The maximum absolute atomic E-state index is 12.2. The van der Waals surface area contributed by atoms with Crippen molar-refractivity contribution in [2.75, 3.05) is 5.32 Å². The molecule has 1 unspecified atom stereocenters. The lowest BCUT2D eigenvalue weighted by molar-refractivity contribution is -0.384. The van der Waals surface area contributed by atoms with Crippen molar-refractivity contribution in [2.24, 2.45) is 9.98 Å². The summed E-state index contributed by atoms with van der Waals surface area (Å²) in [4.78, 5) is 36.4. The molecule has 1 heterocycles. The molecule has 0 saturated heterocycles. The second-order valence-electron chi connectivity index (χ2n) is 6.91. The Kier molecular flexibility index (Phi) is 6.73. The number of aliphatic imine (C=N–C) groups is 2. The zero-order valence-electron chi connectivity index (χ0n) is 17.1. The van der Waals surface area contributed by atoms with Gasteiger partial charge in [-0.1, -0.05) is 47.5 Å². The van der Waals surface area contributed by atoms with Crippen LogP contribution in [0.2, 0.25) is 10.0 Å². The van der Waals surface area contributed by atoms with Gasteiger partial charge in [-0.3, -0.25) is 15.4 Å². The Labute approximate surface area is 202 Å². The van der Waals surface area contributed by atoms with Crippen molar-refractivity contribution in [3.8, 4) is 0 Å². The van der Waals surface area contributed by atoms with Gasteiger partial charge >= 0.3 is 6.09 Å². The Morgan fingerprint density at radius 1 is 1.06 bits per heavy atom. The smallest absolute Gasteiger partial charge is 0.365 e. The van der Waals surface area contributed by atoms with Gasteiger partial charge in [-0.15, -0.1) is 0 Å². The summed E-state index contributed by atoms with van der Waals surface area (Å²) in [5.74, 6) is -0.224. The third kappa shape index (κ3) is 5.15. The van der Waals surface area contributed by atoms with Crippen molar-refractivity contribution in [3.63, 3.8) is 0 Å². The summed E-state index contributed by atoms with van der Waals surface area (Å²) in [7, 11) is 0. The summed E-state index contributed by atoms with van der Waals surface area (Å²) in [5.41, 5.74) is 3.60. The van der Waals surface area contributed by atoms with E-state index in [2.05, 4.69) is 20.8 Å². The van der Waals surface area contributed by atoms with Gasteiger partial charge in [0.15, 0.2) is 5.84 Å². The van der Waals surface area contributed by atoms with Gasteiger partial charge < -0.3 is 9.94 Å². The predicted octanol–water partition coefficient (Wildman–Crippen LogP) is 4.85. The molecule has 4 rings (SSSR count). The third-order valence-corrected chi connectivity index (χ3v) is 5.20. The van der Waals surface area contributed by atoms with Crippen molar-refractivity contribution < 1.29 is 19.7 Å². The molecule has 0 aliphatic carbocycles. The Morgan fingerprint density at radius 2 is 1.85 bits per heavy atom. The largest absolute Gasteiger partial charge is 0.435 e. The van der Waals surface area contributed by atoms with E-state index in [-0.39, 0.29) is 28.5 Å². The summed E-state index contributed by atoms with van der Waals surface area (Å²) in [6.45, 7) is 0. The van der Waals surface area contributed by atoms with Crippen LogP contribution in [0.4, 0.5) is 21.9 Å². The van der Waals surface area contributed by atoms with E-state index in [1.165, 1.54) is 24.3 Å². The number of benzene rings is 3. The molecule has 1 amide bonds. The van der Waals surface area contributed by atoms with E-state index in [0.717, 1.165) is 0 Å². The summed E-state index contributed by atoms with van der Waals surface area (Å²) in [5, 5.41) is 25.2. The number of nitro benzene ring substituents is 1. The zero-order chi connectivity index (χ0) is 24.2. The number of aliphatic hydroxyl groups excluding tert-OH is 1. The number of halogens is 2. The number of hydrogen-bond acceptors (Lipinski definition) is 8. The van der Waals surface area contributed by atoms with Gasteiger partial charge in [-0.2, -0.15) is 5.48 Å². The third-order valence-electron chi connectivity index (χ3n) is 4.63. The van der Waals surface area contributed by atoms with E-state index in [4.69, 9.17) is 28.0 Å². The number of anilines is 1. The van der Waals surface area contributed by atoms with Crippen LogP contribution in [0.25, 0.3) is 0 Å². The van der Waals surface area contributed by atoms with Gasteiger partial charge in [0.25, 0.3) is 5.69 Å². The van der Waals surface area contributed by atoms with Gasteiger partial charge in [0.2, 0.25) is 6.23 Å². The lowest BCUT2D eigenvalue weighted by Gasteiger charge is -2.12. The lowest BCUT2D eigenvalue weighted by Crippen LogP contribution is -2.36. The fourth-order valence-electron chi connectivity index (χ4n) is 3.12. The fourth-order valence-corrected chi connectivity index (χ4v) is 3.53. The summed E-state index contributed by atoms with van der Waals surface area (Å²) in [6.07, 6.45) is -2.50. The molecule has 0 aromatic heterocycles. The number of nitro groups is 1. The SMILES string of the molecule is O=C(Nc1cccc(Cl)c1)ONC1=Nc2ccc([N+](=O)[O-])cc2C(c2ccccc2Cl)=NC1O. The molecule has 3 aromatic carbocycles. The number of hydroxylamine groups is 1. The van der Waals surface area contributed by atoms with Crippen LogP contribution in [-0.2, 0) is 4.84 Å². The number of amides is 1. The number of aliphatic hydroxyl groups is 1. The maximum atomic E-state index is 12.2. The van der Waals surface area contributed by atoms with E-state index in [1.807, 2.05) is 0 Å². The number of nitrogens with one attached hydrogen (secondary N) is 2. The molecule has 12 heteroatoms. The second-order valence-corrected chi connectivity index (χ2v) is 7.76. The van der Waals surface area contributed by atoms with Crippen molar-refractivity contribution in [3.05, 3.63) is 98.0 Å². The number of nitrogens with zero attached hydrogens (tertiary/aromatic N) is 3. The molecular formula is C22H15Cl2N5O5. The number of rotatable bonds is 3. The van der Waals surface area contributed by atoms with Gasteiger partial charge in [-0.05, 0) is 30.3 Å². The topological polar surface area (TPSA) is 138 Å². The highest BCUT2D eigenvalue weighted by molar-refractivity contribution is 6.36. The highest BCUT2D eigenvalue weighted by Gasteiger charge is 2.25. The minimum Gasteiger partial charge on any atom is -0.365 e. The second kappa shape index (κ2) is 9.87. The molecule has 1 aliphatic heterocycles. The highest BCUT2D eigenvalue weighted by atomic mass is 35.5. The van der Waals surface area contributed by atoms with Gasteiger partial charge in [0.1, 0.15) is 0 Å². The molecule has 1 aliphatic rings. The van der Waals surface area contributed by atoms with E-state index in [9.17, 15) is 20.0 Å². The van der Waals surface area contributed by atoms with Crippen LogP contribution in [0.15, 0.2) is 76.7 Å². The van der Waals surface area contributed by atoms with E-state index < -0.39 is 17.2 Å². The molecule has 10 nitrogen and oxygen atoms in total. The predicted molar refractivity (Wildman–Crippen MR) is 128 cm³/mol. The van der Waals surface area contributed by atoms with E-state index >= 15 is 0 Å². The van der Waals surface area contributed by atoms with Crippen LogP contribution in [0.1, 0.15) is 11.1 Å². The molecule has 1 atom stereocenters. The minimum atomic E-state index is -1.60. The maximum Gasteiger partial charge on any atom is 0.435 e. The van der Waals surface area contributed by atoms with E-state index in [1.54, 1.807) is 42.5 Å². The molecule has 3 aromatic rings. The molecule has 0 spiro atoms. The first-order valence-electron chi connectivity index (χ1n) is 9.69. The lowest BCUT2D eigenvalue weighted by atomic mass is 10.00. The highest BCUT2D eigenvalue weighted by Crippen LogP contribution is 2.32. The first-order chi connectivity index (χ1) is 16.3. The number of hydrogen-bond donors (Lipinski definition) is 3. The molecule has 172 valence electrons. The number of carbonyl (C=O) groups is 1. The van der Waals surface area contributed by atoms with Crippen LogP contribution >= 0.6 is 23.2 Å². The Morgan fingerprint density at radius 3 is 2.59 bits per heavy atom. The normalized spacial score (nSPS) is 14.7. The average Bonchev–Trinajstić information content (AvgIpc) is 2.94. The fraction of sp³-hybridized carbons (Fsp3) is 0.0455. The number of carbonyl (C=O) groups excluding carboxylic acids is 1. The van der Waals surface area contributed by atoms with Gasteiger partial charge in [0, 0.05) is 39.0 Å². The van der Waals surface area contributed by atoms with Crippen LogP contribution in [0.5, 0.6) is 0 Å². The summed E-state index contributed by atoms with van der Waals surface area (Å²) in [6, 6.07) is 17.0. The first-order valence-corrected chi connectivity index (χ1v) is 10.4. The molecule has 0 saturated carbocycles. The van der Waals surface area contributed by atoms with Crippen LogP contribution in [0, 0.1) is 10.1 Å². The molecule has 0 bridgehead atoms. The minimum absolute atomic E-state index is 0.181. The monoisotopic (exact) mass is 499 g/mol. The summed E-state index contributed by atoms with van der Waals surface area (Å²) >= 11 is 12.2. The first kappa shape index (κ1) is 23.2. The van der Waals surface area contributed by atoms with Gasteiger partial charge in [-0.25, -0.2) is 14.8 Å². The van der Waals surface area contributed by atoms with E-state index in [0.29, 0.717) is 21.3 Å². The molecule has 0 fully saturated rings. The summed E-state index contributed by atoms with van der Waals surface area (Å²) < 4.78 is 0. The molecule has 3 N–H and O–H groups in total. The average molecular weight is 500 g/mol. The van der Waals surface area contributed by atoms with Gasteiger partial charge in [0.05, 0.1) is 16.3 Å². The number of non-ortho nitro benzene ring substituents is 1. The standard InChI is InChI=1S/C22H15Cl2N5O5/c23-12-4-3-5-13(10-12)25-22(31)34-28-20-21(30)27-19(15-6-1-2-7-17(15)24)16-11-14(29(32)33)8-9-18(16)26-20/h1-11,21,30H,(H,25,31)(H,26,28). The molecule has 34 heavy (non-hydrogen) atoms. The molecular weight excluding hydrogens is 485 g/mol.